The summed E-state index contributed by atoms with van der Waals surface area (Å²) in [5.74, 6) is 21.6. The second-order valence-corrected chi connectivity index (χ2v) is 32.2. The van der Waals surface area contributed by atoms with Gasteiger partial charge in [0.25, 0.3) is 0 Å². The standard InChI is InChI=1S/C75H122/c1-3-11-53(12-4-1)51-55-19-23-57(24-20-55)59-27-31-61(32-28-59)63-35-39-65(40-36-63)67-43-47-69(48-44-67)75(73-17-9-7-15-71(73)72-16-8-10-18-74(72)75)70-49-45-68(46-50-70)66-41-37-64(38-42-66)62-33-29-60(30-34-62)58-25-21-56(22-26-58)52-54-13-5-2-6-14-54/h51-52,55-74H,1-50H2. The highest BCUT2D eigenvalue weighted by atomic mass is 14.7. The highest BCUT2D eigenvalue weighted by Crippen LogP contribution is 2.72. The molecule has 0 aromatic heterocycles. The van der Waals surface area contributed by atoms with Gasteiger partial charge in [-0.05, 0) is 406 Å². The molecule has 13 aliphatic rings. The van der Waals surface area contributed by atoms with Crippen LogP contribution in [0.1, 0.15) is 321 Å². The zero-order valence-electron chi connectivity index (χ0n) is 49.6. The monoisotopic (exact) mass is 1020 g/mol. The fourth-order valence-electron chi connectivity index (χ4n) is 25.5. The summed E-state index contributed by atoms with van der Waals surface area (Å²) < 4.78 is 0. The number of rotatable bonds is 10. The molecular weight excluding hydrogens is 901 g/mol. The van der Waals surface area contributed by atoms with Crippen LogP contribution >= 0.6 is 0 Å². The molecule has 0 spiro atoms. The van der Waals surface area contributed by atoms with E-state index in [0.717, 1.165) is 124 Å². The lowest BCUT2D eigenvalue weighted by Gasteiger charge is -2.57. The maximum atomic E-state index is 2.79. The molecule has 0 radical (unpaired) electrons. The van der Waals surface area contributed by atoms with E-state index in [1.165, 1.54) is 89.9 Å². The van der Waals surface area contributed by atoms with Crippen LogP contribution in [-0.2, 0) is 0 Å². The fourth-order valence-corrected chi connectivity index (χ4v) is 25.5. The highest BCUT2D eigenvalue weighted by molar-refractivity contribution is 5.14. The number of allylic oxidation sites excluding steroid dienone is 4. The van der Waals surface area contributed by atoms with Crippen molar-refractivity contribution in [1.29, 1.82) is 0 Å². The zero-order chi connectivity index (χ0) is 50.0. The molecule has 0 aliphatic heterocycles. The van der Waals surface area contributed by atoms with Crippen molar-refractivity contribution in [2.24, 2.45) is 124 Å². The van der Waals surface area contributed by atoms with Gasteiger partial charge in [-0.2, -0.15) is 0 Å². The molecule has 4 atom stereocenters. The molecule has 0 aromatic carbocycles. The van der Waals surface area contributed by atoms with E-state index in [1.807, 2.05) is 11.1 Å². The van der Waals surface area contributed by atoms with Crippen LogP contribution in [-0.4, -0.2) is 0 Å². The van der Waals surface area contributed by atoms with Crippen molar-refractivity contribution in [3.05, 3.63) is 23.3 Å². The smallest absolute Gasteiger partial charge is 0.0179 e. The minimum Gasteiger partial charge on any atom is -0.0822 e. The Labute approximate surface area is 465 Å². The van der Waals surface area contributed by atoms with Gasteiger partial charge in [0, 0.05) is 0 Å². The van der Waals surface area contributed by atoms with Gasteiger partial charge in [0.2, 0.25) is 0 Å². The molecule has 422 valence electrons. The van der Waals surface area contributed by atoms with Crippen LogP contribution < -0.4 is 0 Å². The van der Waals surface area contributed by atoms with Crippen molar-refractivity contribution in [2.45, 2.75) is 321 Å². The van der Waals surface area contributed by atoms with Gasteiger partial charge >= 0.3 is 0 Å². The average molecular weight is 1020 g/mol. The van der Waals surface area contributed by atoms with Gasteiger partial charge < -0.3 is 0 Å². The van der Waals surface area contributed by atoms with E-state index in [9.17, 15) is 0 Å². The number of hydrogen-bond acceptors (Lipinski definition) is 0. The molecule has 0 aromatic rings. The topological polar surface area (TPSA) is 0 Å². The highest BCUT2D eigenvalue weighted by Gasteiger charge is 2.65. The lowest BCUT2D eigenvalue weighted by atomic mass is 9.47. The first kappa shape index (κ1) is 53.8. The Hall–Kier alpha value is -0.520. The Morgan fingerprint density at radius 2 is 0.440 bits per heavy atom. The van der Waals surface area contributed by atoms with Crippen molar-refractivity contribution in [1.82, 2.24) is 0 Å². The van der Waals surface area contributed by atoms with E-state index in [4.69, 9.17) is 0 Å². The number of fused-ring (bicyclic) bond motifs is 3. The summed E-state index contributed by atoms with van der Waals surface area (Å²) in [4.78, 5) is 0. The first-order chi connectivity index (χ1) is 37.1. The predicted octanol–water partition coefficient (Wildman–Crippen LogP) is 22.8. The van der Waals surface area contributed by atoms with Crippen LogP contribution in [0.25, 0.3) is 0 Å². The largest absolute Gasteiger partial charge is 0.0822 e. The molecule has 0 heterocycles. The van der Waals surface area contributed by atoms with Crippen LogP contribution in [0.4, 0.5) is 0 Å². The van der Waals surface area contributed by atoms with Crippen LogP contribution in [0.2, 0.25) is 0 Å². The van der Waals surface area contributed by atoms with Crippen LogP contribution in [0.5, 0.6) is 0 Å². The summed E-state index contributed by atoms with van der Waals surface area (Å²) >= 11 is 0. The molecular formula is C75H122. The Kier molecular flexibility index (Phi) is 18.2. The maximum Gasteiger partial charge on any atom is -0.0179 e. The molecule has 0 bridgehead atoms. The van der Waals surface area contributed by atoms with Crippen molar-refractivity contribution in [2.75, 3.05) is 0 Å². The van der Waals surface area contributed by atoms with Gasteiger partial charge in [0.1, 0.15) is 0 Å². The molecule has 0 heteroatoms. The molecule has 13 saturated carbocycles. The van der Waals surface area contributed by atoms with Gasteiger partial charge in [-0.25, -0.2) is 0 Å². The normalized spacial score (nSPS) is 48.5. The van der Waals surface area contributed by atoms with Gasteiger partial charge in [-0.1, -0.05) is 61.8 Å². The summed E-state index contributed by atoms with van der Waals surface area (Å²) in [6, 6.07) is 0. The minimum atomic E-state index is 0.747. The van der Waals surface area contributed by atoms with Crippen LogP contribution in [0.3, 0.4) is 0 Å². The van der Waals surface area contributed by atoms with Crippen molar-refractivity contribution < 1.29 is 0 Å². The minimum absolute atomic E-state index is 0.747. The molecule has 4 unspecified atom stereocenters. The Morgan fingerprint density at radius 3 is 0.707 bits per heavy atom. The summed E-state index contributed by atoms with van der Waals surface area (Å²) in [5, 5.41) is 0. The molecule has 0 saturated heterocycles. The lowest BCUT2D eigenvalue weighted by molar-refractivity contribution is -0.0880. The summed E-state index contributed by atoms with van der Waals surface area (Å²) in [5.41, 5.74) is 4.43. The van der Waals surface area contributed by atoms with E-state index >= 15 is 0 Å². The second-order valence-electron chi connectivity index (χ2n) is 32.2. The fraction of sp³-hybridized carbons (Fsp3) is 0.947. The molecule has 0 amide bonds. The van der Waals surface area contributed by atoms with Gasteiger partial charge in [-0.15, -0.1) is 0 Å². The number of hydrogen-bond donors (Lipinski definition) is 0. The van der Waals surface area contributed by atoms with Crippen molar-refractivity contribution in [3.63, 3.8) is 0 Å². The van der Waals surface area contributed by atoms with Gasteiger partial charge in [0.15, 0.2) is 0 Å². The summed E-state index contributed by atoms with van der Waals surface area (Å²) in [6.45, 7) is 0. The average Bonchev–Trinajstić information content (AvgIpc) is 3.83. The van der Waals surface area contributed by atoms with E-state index in [2.05, 4.69) is 12.2 Å². The third-order valence-electron chi connectivity index (χ3n) is 29.3. The van der Waals surface area contributed by atoms with Crippen molar-refractivity contribution >= 4 is 0 Å². The van der Waals surface area contributed by atoms with E-state index in [-0.39, 0.29) is 0 Å². The van der Waals surface area contributed by atoms with Crippen LogP contribution in [0.15, 0.2) is 23.3 Å². The second kappa shape index (κ2) is 25.3. The SMILES string of the molecule is C(=C1CCCCC1)C1CCC(C2CCC(C3CCC(C4CCC(C5(C6CCC(C7CCC(C8CCC(C9CCC(C=C%10CCCCC%10)CC9)CC8)CC7)CC6)C6CCCCC6C6CCCCC65)CC4)CC3)CC2)CC1. The quantitative estimate of drug-likeness (QED) is 0.191. The zero-order valence-corrected chi connectivity index (χ0v) is 49.6. The van der Waals surface area contributed by atoms with Gasteiger partial charge in [0.05, 0.1) is 0 Å². The summed E-state index contributed by atoms with van der Waals surface area (Å²) in [6.07, 6.45) is 84.2. The Balaban J connectivity index is 0.568. The van der Waals surface area contributed by atoms with E-state index < -0.39 is 0 Å². The van der Waals surface area contributed by atoms with Crippen molar-refractivity contribution in [3.8, 4) is 0 Å². The Morgan fingerprint density at radius 1 is 0.213 bits per heavy atom. The molecule has 75 heavy (non-hydrogen) atoms. The molecule has 13 rings (SSSR count). The molecule has 0 N–H and O–H groups in total. The first-order valence-corrected chi connectivity index (χ1v) is 36.5. The Bertz CT molecular complexity index is 1630. The van der Waals surface area contributed by atoms with Gasteiger partial charge in [-0.3, -0.25) is 0 Å². The molecule has 13 fully saturated rings. The molecule has 0 nitrogen and oxygen atoms in total. The third-order valence-corrected chi connectivity index (χ3v) is 29.3. The first-order valence-electron chi connectivity index (χ1n) is 36.5. The molecule has 13 aliphatic carbocycles. The van der Waals surface area contributed by atoms with E-state index in [0.29, 0.717) is 0 Å². The summed E-state index contributed by atoms with van der Waals surface area (Å²) in [7, 11) is 0. The lowest BCUT2D eigenvalue weighted by Crippen LogP contribution is -2.50. The van der Waals surface area contributed by atoms with Crippen LogP contribution in [0, 0.1) is 124 Å². The predicted molar refractivity (Wildman–Crippen MR) is 319 cm³/mol. The van der Waals surface area contributed by atoms with E-state index in [1.54, 1.807) is 231 Å². The maximum absolute atomic E-state index is 2.79. The third kappa shape index (κ3) is 11.9.